The van der Waals surface area contributed by atoms with Crippen molar-refractivity contribution >= 4 is 11.5 Å². The zero-order valence-corrected chi connectivity index (χ0v) is 9.27. The molecule has 6 heteroatoms. The van der Waals surface area contributed by atoms with E-state index in [0.717, 1.165) is 32.0 Å². The minimum absolute atomic E-state index is 0.691. The number of aromatic nitrogens is 2. The van der Waals surface area contributed by atoms with Crippen LogP contribution in [0.1, 0.15) is 0 Å². The van der Waals surface area contributed by atoms with Crippen LogP contribution in [-0.2, 0) is 7.05 Å². The van der Waals surface area contributed by atoms with E-state index in [0.29, 0.717) is 5.69 Å². The first-order chi connectivity index (χ1) is 7.15. The monoisotopic (exact) mass is 210 g/mol. The van der Waals surface area contributed by atoms with E-state index in [-0.39, 0.29) is 0 Å². The summed E-state index contributed by atoms with van der Waals surface area (Å²) in [6, 6.07) is 0. The van der Waals surface area contributed by atoms with E-state index in [1.54, 1.807) is 10.9 Å². The standard InChI is InChI=1S/C9H18N6/c1-13-3-5-15(6-4-13)12-9-8(10)7-14(2)11-9/h7H,3-6,10H2,1-2H3,(H,11,12). The Bertz CT molecular complexity index is 325. The van der Waals surface area contributed by atoms with Crippen molar-refractivity contribution in [2.24, 2.45) is 7.05 Å². The van der Waals surface area contributed by atoms with Crippen molar-refractivity contribution in [1.29, 1.82) is 0 Å². The molecule has 0 aliphatic carbocycles. The molecule has 6 nitrogen and oxygen atoms in total. The van der Waals surface area contributed by atoms with Crippen LogP contribution in [0, 0.1) is 0 Å². The molecule has 0 spiro atoms. The Morgan fingerprint density at radius 3 is 2.47 bits per heavy atom. The molecule has 0 bridgehead atoms. The van der Waals surface area contributed by atoms with Gasteiger partial charge in [0.05, 0.1) is 5.69 Å². The number of likely N-dealkylation sites (N-methyl/N-ethyl adjacent to an activating group) is 1. The Balaban J connectivity index is 1.94. The van der Waals surface area contributed by atoms with Crippen molar-refractivity contribution in [2.75, 3.05) is 44.4 Å². The van der Waals surface area contributed by atoms with Gasteiger partial charge in [-0.1, -0.05) is 0 Å². The summed E-state index contributed by atoms with van der Waals surface area (Å²) in [6.07, 6.45) is 1.80. The molecule has 84 valence electrons. The van der Waals surface area contributed by atoms with E-state index < -0.39 is 0 Å². The predicted molar refractivity (Wildman–Crippen MR) is 60.3 cm³/mol. The van der Waals surface area contributed by atoms with E-state index in [9.17, 15) is 0 Å². The van der Waals surface area contributed by atoms with E-state index in [4.69, 9.17) is 5.73 Å². The molecule has 1 aromatic rings. The third-order valence-corrected chi connectivity index (χ3v) is 2.62. The highest BCUT2D eigenvalue weighted by atomic mass is 15.6. The lowest BCUT2D eigenvalue weighted by Crippen LogP contribution is -2.47. The lowest BCUT2D eigenvalue weighted by atomic mass is 10.4. The number of hydrogen-bond acceptors (Lipinski definition) is 5. The number of anilines is 2. The van der Waals surface area contributed by atoms with Gasteiger partial charge in [-0.3, -0.25) is 10.1 Å². The third kappa shape index (κ3) is 2.40. The van der Waals surface area contributed by atoms with Crippen LogP contribution >= 0.6 is 0 Å². The van der Waals surface area contributed by atoms with Crippen LogP contribution in [0.3, 0.4) is 0 Å². The van der Waals surface area contributed by atoms with Gasteiger partial charge in [-0.05, 0) is 7.05 Å². The van der Waals surface area contributed by atoms with Gasteiger partial charge in [0.1, 0.15) is 0 Å². The maximum absolute atomic E-state index is 5.80. The zero-order chi connectivity index (χ0) is 10.8. The second kappa shape index (κ2) is 4.08. The highest BCUT2D eigenvalue weighted by Crippen LogP contribution is 2.15. The molecular formula is C9H18N6. The number of nitrogens with zero attached hydrogens (tertiary/aromatic N) is 4. The molecule has 1 fully saturated rings. The summed E-state index contributed by atoms with van der Waals surface area (Å²) in [5.41, 5.74) is 9.73. The van der Waals surface area contributed by atoms with Crippen molar-refractivity contribution in [3.63, 3.8) is 0 Å². The fourth-order valence-electron chi connectivity index (χ4n) is 1.66. The van der Waals surface area contributed by atoms with Gasteiger partial charge in [-0.2, -0.15) is 5.10 Å². The highest BCUT2D eigenvalue weighted by molar-refractivity contribution is 5.59. The van der Waals surface area contributed by atoms with Crippen molar-refractivity contribution in [1.82, 2.24) is 19.7 Å². The average molecular weight is 210 g/mol. The summed E-state index contributed by atoms with van der Waals surface area (Å²) < 4.78 is 1.72. The van der Waals surface area contributed by atoms with Gasteiger partial charge in [0.25, 0.3) is 0 Å². The topological polar surface area (TPSA) is 62.3 Å². The van der Waals surface area contributed by atoms with Gasteiger partial charge < -0.3 is 10.6 Å². The summed E-state index contributed by atoms with van der Waals surface area (Å²) in [4.78, 5) is 2.31. The zero-order valence-electron chi connectivity index (χ0n) is 9.27. The fourth-order valence-corrected chi connectivity index (χ4v) is 1.66. The quantitative estimate of drug-likeness (QED) is 0.694. The maximum Gasteiger partial charge on any atom is 0.185 e. The van der Waals surface area contributed by atoms with Crippen molar-refractivity contribution in [2.45, 2.75) is 0 Å². The van der Waals surface area contributed by atoms with Crippen LogP contribution in [-0.4, -0.2) is 52.9 Å². The van der Waals surface area contributed by atoms with Crippen LogP contribution in [0.4, 0.5) is 11.5 Å². The molecule has 0 radical (unpaired) electrons. The molecule has 1 saturated heterocycles. The van der Waals surface area contributed by atoms with Crippen LogP contribution in [0.15, 0.2) is 6.20 Å². The summed E-state index contributed by atoms with van der Waals surface area (Å²) in [7, 11) is 4.00. The van der Waals surface area contributed by atoms with Crippen LogP contribution in [0.5, 0.6) is 0 Å². The number of rotatable bonds is 2. The van der Waals surface area contributed by atoms with Crippen molar-refractivity contribution in [3.05, 3.63) is 6.20 Å². The lowest BCUT2D eigenvalue weighted by molar-refractivity contribution is 0.178. The van der Waals surface area contributed by atoms with Gasteiger partial charge in [0.2, 0.25) is 0 Å². The lowest BCUT2D eigenvalue weighted by Gasteiger charge is -2.32. The van der Waals surface area contributed by atoms with Gasteiger partial charge in [0.15, 0.2) is 5.82 Å². The molecule has 0 aromatic carbocycles. The number of nitrogen functional groups attached to an aromatic ring is 1. The number of piperazine rings is 1. The largest absolute Gasteiger partial charge is 0.394 e. The molecule has 1 aromatic heterocycles. The Kier molecular flexibility index (Phi) is 2.79. The van der Waals surface area contributed by atoms with Gasteiger partial charge in [-0.25, -0.2) is 5.01 Å². The molecule has 2 heterocycles. The first-order valence-electron chi connectivity index (χ1n) is 5.14. The molecular weight excluding hydrogens is 192 g/mol. The predicted octanol–water partition coefficient (Wildman–Crippen LogP) is -0.423. The molecule has 0 atom stereocenters. The molecule has 3 N–H and O–H groups in total. The van der Waals surface area contributed by atoms with Crippen molar-refractivity contribution in [3.8, 4) is 0 Å². The van der Waals surface area contributed by atoms with E-state index >= 15 is 0 Å². The van der Waals surface area contributed by atoms with E-state index in [1.807, 2.05) is 7.05 Å². The fraction of sp³-hybridized carbons (Fsp3) is 0.667. The Morgan fingerprint density at radius 2 is 1.93 bits per heavy atom. The first kappa shape index (κ1) is 10.3. The second-order valence-electron chi connectivity index (χ2n) is 4.01. The number of hydrazine groups is 1. The Labute approximate surface area is 89.6 Å². The highest BCUT2D eigenvalue weighted by Gasteiger charge is 2.15. The Morgan fingerprint density at radius 1 is 1.27 bits per heavy atom. The minimum Gasteiger partial charge on any atom is -0.394 e. The SMILES string of the molecule is CN1CCN(Nc2nn(C)cc2N)CC1. The van der Waals surface area contributed by atoms with E-state index in [1.165, 1.54) is 0 Å². The van der Waals surface area contributed by atoms with Gasteiger partial charge >= 0.3 is 0 Å². The number of aryl methyl sites for hydroxylation is 1. The Hall–Kier alpha value is -1.27. The summed E-state index contributed by atoms with van der Waals surface area (Å²) in [5.74, 6) is 0.752. The first-order valence-corrected chi connectivity index (χ1v) is 5.14. The van der Waals surface area contributed by atoms with Crippen LogP contribution < -0.4 is 11.2 Å². The average Bonchev–Trinajstić information content (AvgIpc) is 2.49. The second-order valence-corrected chi connectivity index (χ2v) is 4.01. The maximum atomic E-state index is 5.80. The molecule has 0 unspecified atom stereocenters. The van der Waals surface area contributed by atoms with E-state index in [2.05, 4.69) is 27.5 Å². The van der Waals surface area contributed by atoms with Crippen LogP contribution in [0.2, 0.25) is 0 Å². The normalized spacial score (nSPS) is 19.3. The smallest absolute Gasteiger partial charge is 0.185 e. The molecule has 0 saturated carbocycles. The number of nitrogens with one attached hydrogen (secondary N) is 1. The van der Waals surface area contributed by atoms with Gasteiger partial charge in [-0.15, -0.1) is 0 Å². The minimum atomic E-state index is 0.691. The molecule has 15 heavy (non-hydrogen) atoms. The summed E-state index contributed by atoms with van der Waals surface area (Å²) in [5, 5.41) is 6.40. The van der Waals surface area contributed by atoms with Gasteiger partial charge in [0, 0.05) is 39.4 Å². The molecule has 2 rings (SSSR count). The van der Waals surface area contributed by atoms with Crippen LogP contribution in [0.25, 0.3) is 0 Å². The summed E-state index contributed by atoms with van der Waals surface area (Å²) in [6.45, 7) is 4.12. The van der Waals surface area contributed by atoms with Crippen molar-refractivity contribution < 1.29 is 0 Å². The third-order valence-electron chi connectivity index (χ3n) is 2.62. The molecule has 1 aliphatic heterocycles. The number of nitrogens with two attached hydrogens (primary N) is 1. The summed E-state index contributed by atoms with van der Waals surface area (Å²) >= 11 is 0. The number of hydrogen-bond donors (Lipinski definition) is 2. The molecule has 0 amide bonds. The molecule has 1 aliphatic rings.